The Morgan fingerprint density at radius 3 is 2.27 bits per heavy atom. The molecule has 0 spiro atoms. The number of carboxylic acids is 1. The van der Waals surface area contributed by atoms with Gasteiger partial charge in [0.15, 0.2) is 0 Å². The number of carbonyl (C=O) groups is 1. The number of hydrogen-bond acceptors (Lipinski definition) is 3. The first-order valence-corrected chi connectivity index (χ1v) is 5.62. The number of nitrogens with two attached hydrogens (primary N) is 1. The van der Waals surface area contributed by atoms with Gasteiger partial charge in [0, 0.05) is 6.04 Å². The molecule has 2 rings (SSSR count). The first kappa shape index (κ1) is 12.5. The molecule has 0 aromatic rings. The van der Waals surface area contributed by atoms with Crippen LogP contribution in [0.25, 0.3) is 0 Å². The fourth-order valence-corrected chi connectivity index (χ4v) is 2.94. The lowest BCUT2D eigenvalue weighted by molar-refractivity contribution is -0.140. The van der Waals surface area contributed by atoms with Crippen LogP contribution >= 0.6 is 0 Å². The largest absolute Gasteiger partial charge is 0.480 e. The molecule has 2 bridgehead atoms. The second kappa shape index (κ2) is 5.47. The van der Waals surface area contributed by atoms with Crippen LogP contribution in [0.4, 0.5) is 0 Å². The van der Waals surface area contributed by atoms with E-state index < -0.39 is 12.6 Å². The second-order valence-corrected chi connectivity index (χ2v) is 4.75. The number of carboxylic acid groups (broad SMARTS) is 1. The predicted molar refractivity (Wildman–Crippen MR) is 57.3 cm³/mol. The van der Waals surface area contributed by atoms with E-state index in [1.807, 2.05) is 0 Å². The lowest BCUT2D eigenvalue weighted by atomic mass is 9.84. The van der Waals surface area contributed by atoms with Crippen molar-refractivity contribution in [2.75, 3.05) is 6.61 Å². The molecule has 0 saturated heterocycles. The molecule has 4 N–H and O–H groups in total. The van der Waals surface area contributed by atoms with Crippen molar-refractivity contribution in [2.24, 2.45) is 23.5 Å². The van der Waals surface area contributed by atoms with E-state index in [2.05, 4.69) is 6.92 Å². The van der Waals surface area contributed by atoms with Gasteiger partial charge in [-0.3, -0.25) is 0 Å². The Morgan fingerprint density at radius 1 is 1.47 bits per heavy atom. The van der Waals surface area contributed by atoms with Crippen molar-refractivity contribution in [3.63, 3.8) is 0 Å². The summed E-state index contributed by atoms with van der Waals surface area (Å²) < 4.78 is 0. The minimum absolute atomic E-state index is 0.454. The van der Waals surface area contributed by atoms with Crippen LogP contribution in [0.15, 0.2) is 0 Å². The zero-order valence-corrected chi connectivity index (χ0v) is 9.22. The molecule has 88 valence electrons. The summed E-state index contributed by atoms with van der Waals surface area (Å²) in [4.78, 5) is 9.12. The average Bonchev–Trinajstić information content (AvgIpc) is 2.79. The van der Waals surface area contributed by atoms with Gasteiger partial charge in [0.1, 0.15) is 6.61 Å². The van der Waals surface area contributed by atoms with Gasteiger partial charge in [0.25, 0.3) is 0 Å². The van der Waals surface area contributed by atoms with Gasteiger partial charge in [-0.2, -0.15) is 0 Å². The van der Waals surface area contributed by atoms with Crippen LogP contribution in [0.1, 0.15) is 32.6 Å². The van der Waals surface area contributed by atoms with Gasteiger partial charge in [-0.1, -0.05) is 6.42 Å². The molecule has 15 heavy (non-hydrogen) atoms. The molecule has 4 unspecified atom stereocenters. The number of aliphatic hydroxyl groups excluding tert-OH is 1. The maximum Gasteiger partial charge on any atom is 0.329 e. The van der Waals surface area contributed by atoms with Crippen LogP contribution in [0.2, 0.25) is 0 Å². The van der Waals surface area contributed by atoms with Gasteiger partial charge in [0.2, 0.25) is 0 Å². The third-order valence-corrected chi connectivity index (χ3v) is 3.60. The molecule has 4 atom stereocenters. The van der Waals surface area contributed by atoms with Gasteiger partial charge >= 0.3 is 5.97 Å². The molecule has 0 aliphatic heterocycles. The lowest BCUT2D eigenvalue weighted by Gasteiger charge is -2.24. The van der Waals surface area contributed by atoms with Crippen LogP contribution < -0.4 is 5.73 Å². The van der Waals surface area contributed by atoms with Gasteiger partial charge < -0.3 is 15.9 Å². The smallest absolute Gasteiger partial charge is 0.329 e. The predicted octanol–water partition coefficient (Wildman–Crippen LogP) is 0.833. The first-order chi connectivity index (χ1) is 7.04. The lowest BCUT2D eigenvalue weighted by Crippen LogP contribution is -2.30. The van der Waals surface area contributed by atoms with E-state index in [1.54, 1.807) is 0 Å². The second-order valence-electron chi connectivity index (χ2n) is 4.75. The number of hydrogen-bond donors (Lipinski definition) is 3. The molecule has 2 saturated carbocycles. The highest BCUT2D eigenvalue weighted by Gasteiger charge is 2.40. The fraction of sp³-hybridized carbons (Fsp3) is 0.909. The summed E-state index contributed by atoms with van der Waals surface area (Å²) in [5.41, 5.74) is 5.88. The summed E-state index contributed by atoms with van der Waals surface area (Å²) >= 11 is 0. The zero-order chi connectivity index (χ0) is 11.4. The maximum atomic E-state index is 9.12. The van der Waals surface area contributed by atoms with Gasteiger partial charge in [-0.25, -0.2) is 4.79 Å². The van der Waals surface area contributed by atoms with E-state index in [9.17, 15) is 0 Å². The number of aliphatic carboxylic acids is 1. The Balaban J connectivity index is 0.000000195. The van der Waals surface area contributed by atoms with Crippen LogP contribution in [0.5, 0.6) is 0 Å². The molecule has 0 amide bonds. The average molecular weight is 215 g/mol. The SMILES string of the molecule is CC(N)C1CC2CCC1C2.O=C(O)CO. The molecule has 0 radical (unpaired) electrons. The minimum Gasteiger partial charge on any atom is -0.480 e. The first-order valence-electron chi connectivity index (χ1n) is 5.62. The van der Waals surface area contributed by atoms with Gasteiger partial charge in [0.05, 0.1) is 0 Å². The fourth-order valence-electron chi connectivity index (χ4n) is 2.94. The van der Waals surface area contributed by atoms with Crippen molar-refractivity contribution in [1.29, 1.82) is 0 Å². The number of fused-ring (bicyclic) bond motifs is 2. The third kappa shape index (κ3) is 3.47. The maximum absolute atomic E-state index is 9.12. The van der Waals surface area contributed by atoms with Gasteiger partial charge in [-0.15, -0.1) is 0 Å². The summed E-state index contributed by atoms with van der Waals surface area (Å²) in [7, 11) is 0. The number of rotatable bonds is 2. The van der Waals surface area contributed by atoms with Crippen molar-refractivity contribution in [1.82, 2.24) is 0 Å². The van der Waals surface area contributed by atoms with Crippen molar-refractivity contribution in [3.8, 4) is 0 Å². The van der Waals surface area contributed by atoms with Crippen LogP contribution in [-0.2, 0) is 4.79 Å². The molecular weight excluding hydrogens is 194 g/mol. The Hall–Kier alpha value is -0.610. The Morgan fingerprint density at radius 2 is 2.07 bits per heavy atom. The quantitative estimate of drug-likeness (QED) is 0.637. The molecule has 4 nitrogen and oxygen atoms in total. The molecule has 2 aliphatic carbocycles. The Labute approximate surface area is 90.5 Å². The van der Waals surface area contributed by atoms with E-state index >= 15 is 0 Å². The van der Waals surface area contributed by atoms with Crippen molar-refractivity contribution in [3.05, 3.63) is 0 Å². The molecule has 4 heteroatoms. The van der Waals surface area contributed by atoms with Gasteiger partial charge in [-0.05, 0) is 43.9 Å². The highest BCUT2D eigenvalue weighted by atomic mass is 16.4. The standard InChI is InChI=1S/C9H17N.C2H4O3/c1-6(10)9-5-7-2-3-8(9)4-7;3-1-2(4)5/h6-9H,2-5,10H2,1H3;3H,1H2,(H,4,5). The van der Waals surface area contributed by atoms with Crippen molar-refractivity contribution < 1.29 is 15.0 Å². The summed E-state index contributed by atoms with van der Waals surface area (Å²) in [6.45, 7) is 1.39. The Bertz CT molecular complexity index is 218. The highest BCUT2D eigenvalue weighted by molar-refractivity contribution is 5.67. The molecule has 2 fully saturated rings. The Kier molecular flexibility index (Phi) is 4.54. The van der Waals surface area contributed by atoms with Crippen molar-refractivity contribution >= 4 is 5.97 Å². The summed E-state index contributed by atoms with van der Waals surface area (Å²) in [6.07, 6.45) is 5.89. The topological polar surface area (TPSA) is 83.6 Å². The highest BCUT2D eigenvalue weighted by Crippen LogP contribution is 2.49. The molecule has 2 aliphatic rings. The monoisotopic (exact) mass is 215 g/mol. The molecular formula is C11H21NO3. The van der Waals surface area contributed by atoms with E-state index in [0.717, 1.165) is 17.8 Å². The summed E-state index contributed by atoms with van der Waals surface area (Å²) in [5.74, 6) is 1.75. The minimum atomic E-state index is -1.19. The van der Waals surface area contributed by atoms with E-state index in [-0.39, 0.29) is 0 Å². The van der Waals surface area contributed by atoms with E-state index in [4.69, 9.17) is 20.7 Å². The van der Waals surface area contributed by atoms with E-state index in [1.165, 1.54) is 25.7 Å². The zero-order valence-electron chi connectivity index (χ0n) is 9.22. The number of aliphatic hydroxyl groups is 1. The van der Waals surface area contributed by atoms with Crippen LogP contribution in [0.3, 0.4) is 0 Å². The van der Waals surface area contributed by atoms with Crippen LogP contribution in [0, 0.1) is 17.8 Å². The summed E-state index contributed by atoms with van der Waals surface area (Å²) in [5, 5.41) is 15.0. The third-order valence-electron chi connectivity index (χ3n) is 3.60. The van der Waals surface area contributed by atoms with Crippen molar-refractivity contribution in [2.45, 2.75) is 38.6 Å². The molecule has 0 heterocycles. The molecule has 0 aromatic heterocycles. The summed E-state index contributed by atoms with van der Waals surface area (Å²) in [6, 6.07) is 0.454. The molecule has 0 aromatic carbocycles. The van der Waals surface area contributed by atoms with Crippen LogP contribution in [-0.4, -0.2) is 28.8 Å². The normalized spacial score (nSPS) is 34.5. The van der Waals surface area contributed by atoms with E-state index in [0.29, 0.717) is 6.04 Å².